The summed E-state index contributed by atoms with van der Waals surface area (Å²) >= 11 is 0. The number of benzene rings is 1. The topological polar surface area (TPSA) is 50.5 Å². The summed E-state index contributed by atoms with van der Waals surface area (Å²) in [5.41, 5.74) is 3.86. The molecule has 0 atom stereocenters. The first kappa shape index (κ1) is 14.5. The maximum atomic E-state index is 9.39. The van der Waals surface area contributed by atoms with Crippen molar-refractivity contribution in [1.29, 1.82) is 0 Å². The molecule has 1 aromatic carbocycles. The molecule has 1 aromatic heterocycles. The molecule has 23 heavy (non-hydrogen) atoms. The Morgan fingerprint density at radius 1 is 1.17 bits per heavy atom. The van der Waals surface area contributed by atoms with Gasteiger partial charge in [0.15, 0.2) is 0 Å². The van der Waals surface area contributed by atoms with Crippen molar-refractivity contribution in [2.24, 2.45) is 0 Å². The molecule has 0 fully saturated rings. The third kappa shape index (κ3) is 3.02. The highest BCUT2D eigenvalue weighted by Gasteiger charge is 2.18. The Bertz CT molecular complexity index is 718. The summed E-state index contributed by atoms with van der Waals surface area (Å²) in [6.07, 6.45) is 5.32. The van der Waals surface area contributed by atoms with E-state index in [0.717, 1.165) is 45.0 Å². The summed E-state index contributed by atoms with van der Waals surface area (Å²) in [7, 11) is 0. The zero-order valence-corrected chi connectivity index (χ0v) is 13.1. The first-order valence-electron chi connectivity index (χ1n) is 8.11. The Hall–Kier alpha value is -2.11. The van der Waals surface area contributed by atoms with Crippen molar-refractivity contribution >= 4 is 5.57 Å². The fraction of sp³-hybridized carbons (Fsp3) is 0.389. The fourth-order valence-electron chi connectivity index (χ4n) is 3.31. The molecule has 5 nitrogen and oxygen atoms in total. The summed E-state index contributed by atoms with van der Waals surface area (Å²) in [6, 6.07) is 7.49. The molecule has 0 saturated carbocycles. The van der Waals surface area contributed by atoms with E-state index in [9.17, 15) is 5.11 Å². The van der Waals surface area contributed by atoms with Gasteiger partial charge in [0.2, 0.25) is 0 Å². The van der Waals surface area contributed by atoms with Crippen LogP contribution in [0.1, 0.15) is 23.5 Å². The molecule has 1 N–H and O–H groups in total. The second-order valence-electron chi connectivity index (χ2n) is 6.13. The van der Waals surface area contributed by atoms with Crippen molar-refractivity contribution in [2.45, 2.75) is 26.1 Å². The maximum absolute atomic E-state index is 9.39. The predicted octanol–water partition coefficient (Wildman–Crippen LogP) is 2.41. The van der Waals surface area contributed by atoms with Crippen molar-refractivity contribution in [3.8, 4) is 5.75 Å². The lowest BCUT2D eigenvalue weighted by molar-refractivity contribution is 0.0797. The van der Waals surface area contributed by atoms with E-state index in [1.807, 2.05) is 18.3 Å². The molecule has 3 heterocycles. The number of phenolic OH excluding ortho intramolecular Hbond substituents is 1. The second kappa shape index (κ2) is 6.18. The number of ether oxygens (including phenoxy) is 1. The van der Waals surface area contributed by atoms with E-state index in [-0.39, 0.29) is 0 Å². The molecule has 0 radical (unpaired) electrons. The van der Waals surface area contributed by atoms with Crippen LogP contribution in [0.25, 0.3) is 5.57 Å². The highest BCUT2D eigenvalue weighted by atomic mass is 16.5. The minimum Gasteiger partial charge on any atom is -0.508 e. The van der Waals surface area contributed by atoms with Gasteiger partial charge in [0, 0.05) is 32.4 Å². The van der Waals surface area contributed by atoms with E-state index in [0.29, 0.717) is 12.4 Å². The highest BCUT2D eigenvalue weighted by Crippen LogP contribution is 2.25. The molecular formula is C18H21N3O2. The monoisotopic (exact) mass is 311 g/mol. The van der Waals surface area contributed by atoms with Crippen LogP contribution in [-0.4, -0.2) is 39.3 Å². The van der Waals surface area contributed by atoms with E-state index < -0.39 is 0 Å². The quantitative estimate of drug-likeness (QED) is 0.946. The van der Waals surface area contributed by atoms with Gasteiger partial charge in [-0.3, -0.25) is 4.90 Å². The van der Waals surface area contributed by atoms with E-state index in [1.54, 1.807) is 12.1 Å². The number of aromatic hydroxyl groups is 1. The Morgan fingerprint density at radius 2 is 2.04 bits per heavy atom. The largest absolute Gasteiger partial charge is 0.508 e. The van der Waals surface area contributed by atoms with E-state index >= 15 is 0 Å². The molecule has 0 saturated heterocycles. The van der Waals surface area contributed by atoms with Crippen molar-refractivity contribution in [3.63, 3.8) is 0 Å². The lowest BCUT2D eigenvalue weighted by Crippen LogP contribution is -2.30. The number of hydrogen-bond acceptors (Lipinski definition) is 4. The number of nitrogens with zero attached hydrogens (tertiary/aromatic N) is 3. The summed E-state index contributed by atoms with van der Waals surface area (Å²) in [5, 5.41) is 9.39. The normalized spacial score (nSPS) is 18.5. The molecule has 2 aromatic rings. The smallest absolute Gasteiger partial charge is 0.135 e. The van der Waals surface area contributed by atoms with Gasteiger partial charge in [-0.1, -0.05) is 18.2 Å². The molecule has 120 valence electrons. The van der Waals surface area contributed by atoms with Crippen LogP contribution in [-0.2, 0) is 24.4 Å². The predicted molar refractivity (Wildman–Crippen MR) is 87.9 cm³/mol. The Balaban J connectivity index is 1.43. The van der Waals surface area contributed by atoms with E-state index in [2.05, 4.69) is 20.5 Å². The molecule has 5 heteroatoms. The standard InChI is InChI=1S/C18H21N3O2/c22-17-3-1-14(2-4-17)15-5-7-20(8-6-15)12-16-11-19-18-13-23-10-9-21(16)18/h1-5,11,22H,6-10,12-13H2. The fourth-order valence-corrected chi connectivity index (χ4v) is 3.31. The molecule has 4 rings (SSSR count). The van der Waals surface area contributed by atoms with Gasteiger partial charge in [0.05, 0.1) is 12.3 Å². The SMILES string of the molecule is Oc1ccc(C2=CCN(Cc3cnc4n3CCOC4)CC2)cc1. The van der Waals surface area contributed by atoms with Crippen LogP contribution >= 0.6 is 0 Å². The van der Waals surface area contributed by atoms with Crippen LogP contribution in [0.3, 0.4) is 0 Å². The van der Waals surface area contributed by atoms with Crippen molar-refractivity contribution < 1.29 is 9.84 Å². The van der Waals surface area contributed by atoms with Crippen LogP contribution < -0.4 is 0 Å². The van der Waals surface area contributed by atoms with Crippen molar-refractivity contribution in [3.05, 3.63) is 53.6 Å². The van der Waals surface area contributed by atoms with Gasteiger partial charge < -0.3 is 14.4 Å². The van der Waals surface area contributed by atoms with Crippen LogP contribution in [0.2, 0.25) is 0 Å². The lowest BCUT2D eigenvalue weighted by Gasteiger charge is -2.27. The number of hydrogen-bond donors (Lipinski definition) is 1. The highest BCUT2D eigenvalue weighted by molar-refractivity contribution is 5.67. The third-order valence-electron chi connectivity index (χ3n) is 4.63. The zero-order valence-electron chi connectivity index (χ0n) is 13.1. The van der Waals surface area contributed by atoms with Crippen molar-refractivity contribution in [1.82, 2.24) is 14.5 Å². The number of rotatable bonds is 3. The number of fused-ring (bicyclic) bond motifs is 1. The maximum Gasteiger partial charge on any atom is 0.135 e. The van der Waals surface area contributed by atoms with Gasteiger partial charge in [-0.25, -0.2) is 4.98 Å². The van der Waals surface area contributed by atoms with Gasteiger partial charge in [-0.05, 0) is 29.7 Å². The average molecular weight is 311 g/mol. The van der Waals surface area contributed by atoms with Crippen LogP contribution in [0.15, 0.2) is 36.5 Å². The average Bonchev–Trinajstić information content (AvgIpc) is 3.00. The summed E-state index contributed by atoms with van der Waals surface area (Å²) < 4.78 is 7.74. The summed E-state index contributed by atoms with van der Waals surface area (Å²) in [5.74, 6) is 1.37. The summed E-state index contributed by atoms with van der Waals surface area (Å²) in [6.45, 7) is 5.25. The molecule has 0 aliphatic carbocycles. The second-order valence-corrected chi connectivity index (χ2v) is 6.13. The molecule has 2 aliphatic heterocycles. The Kier molecular flexibility index (Phi) is 3.89. The molecule has 0 bridgehead atoms. The number of imidazole rings is 1. The van der Waals surface area contributed by atoms with Crippen LogP contribution in [0.5, 0.6) is 5.75 Å². The molecule has 0 spiro atoms. The minimum atomic E-state index is 0.321. The Morgan fingerprint density at radius 3 is 2.83 bits per heavy atom. The van der Waals surface area contributed by atoms with Gasteiger partial charge in [-0.15, -0.1) is 0 Å². The number of aromatic nitrogens is 2. The van der Waals surface area contributed by atoms with Gasteiger partial charge in [0.1, 0.15) is 18.2 Å². The van der Waals surface area contributed by atoms with Gasteiger partial charge in [0.25, 0.3) is 0 Å². The van der Waals surface area contributed by atoms with Crippen LogP contribution in [0, 0.1) is 0 Å². The van der Waals surface area contributed by atoms with Crippen molar-refractivity contribution in [2.75, 3.05) is 19.7 Å². The van der Waals surface area contributed by atoms with Gasteiger partial charge >= 0.3 is 0 Å². The van der Waals surface area contributed by atoms with E-state index in [1.165, 1.54) is 16.8 Å². The Labute approximate surface area is 135 Å². The minimum absolute atomic E-state index is 0.321. The van der Waals surface area contributed by atoms with Gasteiger partial charge in [-0.2, -0.15) is 0 Å². The van der Waals surface area contributed by atoms with Crippen LogP contribution in [0.4, 0.5) is 0 Å². The van der Waals surface area contributed by atoms with E-state index in [4.69, 9.17) is 4.74 Å². The number of phenols is 1. The zero-order chi connectivity index (χ0) is 15.6. The third-order valence-corrected chi connectivity index (χ3v) is 4.63. The first-order chi connectivity index (χ1) is 11.3. The first-order valence-corrected chi connectivity index (χ1v) is 8.11. The molecular weight excluding hydrogens is 290 g/mol. The summed E-state index contributed by atoms with van der Waals surface area (Å²) in [4.78, 5) is 6.91. The molecule has 0 unspecified atom stereocenters. The molecule has 0 amide bonds. The molecule has 2 aliphatic rings. The lowest BCUT2D eigenvalue weighted by atomic mass is 9.99.